The quantitative estimate of drug-likeness (QED) is 0.241. The van der Waals surface area contributed by atoms with Crippen molar-refractivity contribution >= 4 is 5.91 Å². The van der Waals surface area contributed by atoms with E-state index in [-0.39, 0.29) is 12.5 Å². The number of hydrogen-bond acceptors (Lipinski definition) is 9. The fourth-order valence-corrected chi connectivity index (χ4v) is 4.19. The van der Waals surface area contributed by atoms with E-state index in [0.29, 0.717) is 30.1 Å². The second-order valence-electron chi connectivity index (χ2n) is 9.39. The molecule has 10 nitrogen and oxygen atoms in total. The summed E-state index contributed by atoms with van der Waals surface area (Å²) in [6, 6.07) is 12.5. The predicted molar refractivity (Wildman–Crippen MR) is 140 cm³/mol. The van der Waals surface area contributed by atoms with Crippen LogP contribution < -0.4 is 10.1 Å². The number of ether oxygens (including phenoxy) is 4. The van der Waals surface area contributed by atoms with E-state index in [0.717, 1.165) is 24.0 Å². The van der Waals surface area contributed by atoms with Crippen molar-refractivity contribution in [3.05, 3.63) is 53.6 Å². The summed E-state index contributed by atoms with van der Waals surface area (Å²) in [5.41, 5.74) is 0.781. The van der Waals surface area contributed by atoms with Gasteiger partial charge in [0.25, 0.3) is 5.91 Å². The average molecular weight is 534 g/mol. The molecule has 2 aromatic carbocycles. The molecule has 10 heteroatoms. The normalized spacial score (nSPS) is 25.2. The number of unbranched alkanes of at least 4 members (excludes halogenated alkanes) is 1. The first-order chi connectivity index (χ1) is 18.2. The molecule has 0 spiro atoms. The van der Waals surface area contributed by atoms with Gasteiger partial charge in [-0.2, -0.15) is 0 Å². The van der Waals surface area contributed by atoms with Gasteiger partial charge in [-0.25, -0.2) is 0 Å². The summed E-state index contributed by atoms with van der Waals surface area (Å²) in [4.78, 5) is 12.0. The first-order valence-electron chi connectivity index (χ1n) is 12.8. The summed E-state index contributed by atoms with van der Waals surface area (Å²) in [7, 11) is 1.57. The van der Waals surface area contributed by atoms with Gasteiger partial charge in [0.15, 0.2) is 5.60 Å². The monoisotopic (exact) mass is 533 g/mol. The van der Waals surface area contributed by atoms with Gasteiger partial charge in [-0.1, -0.05) is 31.5 Å². The molecular weight excluding hydrogens is 494 g/mol. The second kappa shape index (κ2) is 14.0. The molecule has 210 valence electrons. The molecule has 0 unspecified atom stereocenters. The molecule has 0 bridgehead atoms. The fraction of sp³-hybridized carbons (Fsp3) is 0.536. The van der Waals surface area contributed by atoms with Gasteiger partial charge in [0.2, 0.25) is 6.29 Å². The highest BCUT2D eigenvalue weighted by Gasteiger charge is 2.56. The van der Waals surface area contributed by atoms with Crippen LogP contribution in [0.25, 0.3) is 11.1 Å². The van der Waals surface area contributed by atoms with Crippen LogP contribution in [-0.2, 0) is 14.2 Å². The number of aryl methyl sites for hydroxylation is 1. The number of rotatable bonds is 13. The topological polar surface area (TPSA) is 147 Å². The highest BCUT2D eigenvalue weighted by molar-refractivity contribution is 5.95. The first kappa shape index (κ1) is 30.0. The van der Waals surface area contributed by atoms with Crippen LogP contribution in [0.1, 0.15) is 35.7 Å². The molecule has 1 fully saturated rings. The lowest BCUT2D eigenvalue weighted by Gasteiger charge is -2.47. The Morgan fingerprint density at radius 2 is 1.82 bits per heavy atom. The van der Waals surface area contributed by atoms with Crippen molar-refractivity contribution in [2.45, 2.75) is 56.9 Å². The van der Waals surface area contributed by atoms with Gasteiger partial charge in [-0.15, -0.1) is 0 Å². The fourth-order valence-electron chi connectivity index (χ4n) is 4.19. The Labute approximate surface area is 223 Å². The zero-order valence-electron chi connectivity index (χ0n) is 22.1. The number of hydrogen-bond donors (Lipinski definition) is 5. The number of benzene rings is 2. The van der Waals surface area contributed by atoms with Crippen molar-refractivity contribution < 1.29 is 44.2 Å². The number of aliphatic hydroxyl groups excluding tert-OH is 3. The number of amides is 1. The summed E-state index contributed by atoms with van der Waals surface area (Å²) in [6.45, 7) is 3.96. The minimum absolute atomic E-state index is 0.161. The molecule has 1 aliphatic rings. The molecule has 1 aliphatic heterocycles. The summed E-state index contributed by atoms with van der Waals surface area (Å²) in [6.07, 6.45) is -3.93. The van der Waals surface area contributed by atoms with E-state index in [4.69, 9.17) is 18.9 Å². The highest BCUT2D eigenvalue weighted by atomic mass is 16.7. The predicted octanol–water partition coefficient (Wildman–Crippen LogP) is 1.40. The molecule has 0 aliphatic carbocycles. The molecule has 1 saturated heterocycles. The van der Waals surface area contributed by atoms with Crippen LogP contribution in [0.15, 0.2) is 42.5 Å². The van der Waals surface area contributed by atoms with Crippen LogP contribution in [0.3, 0.4) is 0 Å². The SMILES string of the molecule is CCCCOCCOC[C@@]1(O)[C@@H](Oc2ccc(-c3cccc(C(=O)NC)c3)cc2C)O[C@H](CO)[C@@H](O)[C@@H]1O. The molecule has 38 heavy (non-hydrogen) atoms. The minimum atomic E-state index is -2.12. The molecule has 0 radical (unpaired) electrons. The third-order valence-electron chi connectivity index (χ3n) is 6.54. The highest BCUT2D eigenvalue weighted by Crippen LogP contribution is 2.34. The van der Waals surface area contributed by atoms with Gasteiger partial charge in [0.1, 0.15) is 24.1 Å². The third-order valence-corrected chi connectivity index (χ3v) is 6.54. The molecular formula is C28H39NO9. The van der Waals surface area contributed by atoms with Crippen LogP contribution in [0.5, 0.6) is 5.75 Å². The van der Waals surface area contributed by atoms with Crippen LogP contribution in [-0.4, -0.2) is 96.6 Å². The molecule has 0 saturated carbocycles. The van der Waals surface area contributed by atoms with Gasteiger partial charge in [-0.3, -0.25) is 4.79 Å². The Morgan fingerprint density at radius 3 is 2.50 bits per heavy atom. The lowest BCUT2D eigenvalue weighted by atomic mass is 9.87. The van der Waals surface area contributed by atoms with E-state index >= 15 is 0 Å². The van der Waals surface area contributed by atoms with Crippen LogP contribution >= 0.6 is 0 Å². The van der Waals surface area contributed by atoms with Gasteiger partial charge in [0, 0.05) is 19.2 Å². The third kappa shape index (κ3) is 7.09. The molecule has 5 N–H and O–H groups in total. The maximum atomic E-state index is 12.0. The molecule has 2 aromatic rings. The van der Waals surface area contributed by atoms with Crippen LogP contribution in [0.2, 0.25) is 0 Å². The average Bonchev–Trinajstić information content (AvgIpc) is 2.93. The Bertz CT molecular complexity index is 1050. The van der Waals surface area contributed by atoms with Gasteiger partial charge < -0.3 is 44.7 Å². The largest absolute Gasteiger partial charge is 0.461 e. The smallest absolute Gasteiger partial charge is 0.251 e. The Kier molecular flexibility index (Phi) is 11.0. The molecule has 5 atom stereocenters. The van der Waals surface area contributed by atoms with E-state index in [1.165, 1.54) is 0 Å². The Morgan fingerprint density at radius 1 is 1.08 bits per heavy atom. The van der Waals surface area contributed by atoms with E-state index in [1.54, 1.807) is 37.4 Å². The lowest BCUT2D eigenvalue weighted by molar-refractivity contribution is -0.330. The summed E-state index contributed by atoms with van der Waals surface area (Å²) in [5, 5.41) is 44.8. The van der Waals surface area contributed by atoms with Gasteiger partial charge in [0.05, 0.1) is 26.4 Å². The van der Waals surface area contributed by atoms with Crippen molar-refractivity contribution in [1.82, 2.24) is 5.32 Å². The van der Waals surface area contributed by atoms with Crippen molar-refractivity contribution in [1.29, 1.82) is 0 Å². The maximum Gasteiger partial charge on any atom is 0.251 e. The Hall–Kier alpha value is -2.57. The first-order valence-corrected chi connectivity index (χ1v) is 12.8. The summed E-state index contributed by atoms with van der Waals surface area (Å²) < 4.78 is 22.7. The molecule has 1 heterocycles. The van der Waals surface area contributed by atoms with Gasteiger partial charge in [-0.05, 0) is 54.3 Å². The zero-order chi connectivity index (χ0) is 27.7. The van der Waals surface area contributed by atoms with E-state index in [9.17, 15) is 25.2 Å². The molecule has 1 amide bonds. The minimum Gasteiger partial charge on any atom is -0.461 e. The van der Waals surface area contributed by atoms with Crippen molar-refractivity contribution in [3.8, 4) is 16.9 Å². The summed E-state index contributed by atoms with van der Waals surface area (Å²) >= 11 is 0. The van der Waals surface area contributed by atoms with E-state index in [1.807, 2.05) is 19.1 Å². The number of carbonyl (C=O) groups is 1. The number of aliphatic hydroxyl groups is 4. The van der Waals surface area contributed by atoms with Gasteiger partial charge >= 0.3 is 0 Å². The van der Waals surface area contributed by atoms with E-state index in [2.05, 4.69) is 12.2 Å². The van der Waals surface area contributed by atoms with Crippen molar-refractivity contribution in [2.24, 2.45) is 0 Å². The standard InChI is InChI=1S/C28H39NO9/c1-4-5-11-35-12-13-36-17-28(34)25(32)24(31)23(16-30)38-27(28)37-22-10-9-20(14-18(22)2)19-7-6-8-21(15-19)26(33)29-3/h6-10,14-15,23-25,27,30-32,34H,4-5,11-13,16-17H2,1-3H3,(H,29,33)/t23-,24-,25+,27+,28+/m1/s1. The van der Waals surface area contributed by atoms with Crippen LogP contribution in [0, 0.1) is 6.92 Å². The van der Waals surface area contributed by atoms with Crippen molar-refractivity contribution in [3.63, 3.8) is 0 Å². The molecule has 3 rings (SSSR count). The van der Waals surface area contributed by atoms with Crippen molar-refractivity contribution in [2.75, 3.05) is 40.1 Å². The zero-order valence-corrected chi connectivity index (χ0v) is 22.1. The summed E-state index contributed by atoms with van der Waals surface area (Å²) in [5.74, 6) is 0.175. The van der Waals surface area contributed by atoms with Crippen LogP contribution in [0.4, 0.5) is 0 Å². The molecule has 0 aromatic heterocycles. The maximum absolute atomic E-state index is 12.0. The number of carbonyl (C=O) groups excluding carboxylic acids is 1. The lowest BCUT2D eigenvalue weighted by Crippen LogP contribution is -2.69. The Balaban J connectivity index is 1.77. The van der Waals surface area contributed by atoms with E-state index < -0.39 is 43.4 Å². The second-order valence-corrected chi connectivity index (χ2v) is 9.39. The number of nitrogens with one attached hydrogen (secondary N) is 1.